The van der Waals surface area contributed by atoms with Crippen molar-refractivity contribution in [3.05, 3.63) is 29.3 Å². The molecule has 1 aromatic rings. The minimum absolute atomic E-state index is 0.618. The van der Waals surface area contributed by atoms with E-state index in [4.69, 9.17) is 0 Å². The minimum Gasteiger partial charge on any atom is -0.261 e. The van der Waals surface area contributed by atoms with Gasteiger partial charge in [-0.15, -0.1) is 0 Å². The largest absolute Gasteiger partial charge is 0.261 e. The molecule has 1 heteroatoms. The van der Waals surface area contributed by atoms with Crippen LogP contribution in [-0.2, 0) is 6.42 Å². The van der Waals surface area contributed by atoms with Crippen molar-refractivity contribution in [2.75, 3.05) is 0 Å². The van der Waals surface area contributed by atoms with Gasteiger partial charge in [-0.3, -0.25) is 4.99 Å². The molecule has 0 spiro atoms. The summed E-state index contributed by atoms with van der Waals surface area (Å²) in [5, 5.41) is 0. The fourth-order valence-electron chi connectivity index (χ4n) is 1.71. The Morgan fingerprint density at radius 1 is 1.38 bits per heavy atom. The Morgan fingerprint density at radius 2 is 2.23 bits per heavy atom. The van der Waals surface area contributed by atoms with E-state index in [1.54, 1.807) is 0 Å². The number of fused-ring (bicyclic) bond motifs is 1. The fourth-order valence-corrected chi connectivity index (χ4v) is 1.71. The van der Waals surface area contributed by atoms with Gasteiger partial charge in [0.2, 0.25) is 0 Å². The van der Waals surface area contributed by atoms with Gasteiger partial charge in [-0.1, -0.05) is 24.6 Å². The van der Waals surface area contributed by atoms with E-state index in [0.29, 0.717) is 5.92 Å². The van der Waals surface area contributed by atoms with Gasteiger partial charge in [0.1, 0.15) is 0 Å². The maximum absolute atomic E-state index is 4.48. The third kappa shape index (κ3) is 1.80. The highest BCUT2D eigenvalue weighted by Gasteiger charge is 2.08. The quantitative estimate of drug-likeness (QED) is 0.571. The molecule has 0 saturated carbocycles. The number of hydrogen-bond donors (Lipinski definition) is 0. The number of rotatable bonds is 0. The molecule has 1 nitrogen and oxygen atoms in total. The van der Waals surface area contributed by atoms with Gasteiger partial charge < -0.3 is 0 Å². The third-order valence-corrected chi connectivity index (χ3v) is 2.57. The predicted molar refractivity (Wildman–Crippen MR) is 56.8 cm³/mol. The number of aliphatic imine (C=N–C) groups is 1. The normalized spacial score (nSPS) is 20.9. The summed E-state index contributed by atoms with van der Waals surface area (Å²) >= 11 is 0. The van der Waals surface area contributed by atoms with Crippen molar-refractivity contribution in [3.63, 3.8) is 0 Å². The van der Waals surface area contributed by atoms with Gasteiger partial charge >= 0.3 is 0 Å². The lowest BCUT2D eigenvalue weighted by atomic mass is 10.0. The van der Waals surface area contributed by atoms with E-state index in [1.807, 2.05) is 0 Å². The second kappa shape index (κ2) is 3.33. The van der Waals surface area contributed by atoms with Crippen LogP contribution in [0.5, 0.6) is 0 Å². The molecule has 0 aliphatic carbocycles. The van der Waals surface area contributed by atoms with Crippen LogP contribution < -0.4 is 0 Å². The van der Waals surface area contributed by atoms with Crippen LogP contribution in [0.1, 0.15) is 24.5 Å². The van der Waals surface area contributed by atoms with Gasteiger partial charge in [0.05, 0.1) is 5.69 Å². The summed E-state index contributed by atoms with van der Waals surface area (Å²) in [6, 6.07) is 6.51. The summed E-state index contributed by atoms with van der Waals surface area (Å²) in [6.45, 7) is 4.36. The smallest absolute Gasteiger partial charge is 0.0657 e. The van der Waals surface area contributed by atoms with Crippen molar-refractivity contribution in [3.8, 4) is 0 Å². The molecule has 0 aromatic heterocycles. The second-order valence-corrected chi connectivity index (χ2v) is 3.93. The Kier molecular flexibility index (Phi) is 2.17. The van der Waals surface area contributed by atoms with Gasteiger partial charge in [-0.25, -0.2) is 0 Å². The van der Waals surface area contributed by atoms with E-state index in [2.05, 4.69) is 43.3 Å². The zero-order chi connectivity index (χ0) is 9.26. The lowest BCUT2D eigenvalue weighted by Gasteiger charge is -2.03. The van der Waals surface area contributed by atoms with Crippen molar-refractivity contribution in [2.45, 2.75) is 26.7 Å². The molecule has 0 N–H and O–H groups in total. The first-order valence-corrected chi connectivity index (χ1v) is 4.89. The van der Waals surface area contributed by atoms with Gasteiger partial charge in [-0.2, -0.15) is 0 Å². The van der Waals surface area contributed by atoms with Gasteiger partial charge in [0, 0.05) is 6.21 Å². The van der Waals surface area contributed by atoms with E-state index in [-0.39, 0.29) is 0 Å². The summed E-state index contributed by atoms with van der Waals surface area (Å²) in [7, 11) is 0. The van der Waals surface area contributed by atoms with Crippen molar-refractivity contribution >= 4 is 11.9 Å². The zero-order valence-corrected chi connectivity index (χ0v) is 8.25. The van der Waals surface area contributed by atoms with E-state index in [0.717, 1.165) is 12.1 Å². The Balaban J connectivity index is 2.41. The van der Waals surface area contributed by atoms with Crippen LogP contribution in [0.2, 0.25) is 0 Å². The van der Waals surface area contributed by atoms with Gasteiger partial charge in [-0.05, 0) is 37.3 Å². The molecule has 1 aliphatic rings. The van der Waals surface area contributed by atoms with Crippen LogP contribution in [-0.4, -0.2) is 6.21 Å². The molecular formula is C12H15N. The van der Waals surface area contributed by atoms with Gasteiger partial charge in [0.25, 0.3) is 0 Å². The van der Waals surface area contributed by atoms with Crippen LogP contribution in [0.3, 0.4) is 0 Å². The highest BCUT2D eigenvalue weighted by atomic mass is 14.7. The summed E-state index contributed by atoms with van der Waals surface area (Å²) < 4.78 is 0. The van der Waals surface area contributed by atoms with Crippen molar-refractivity contribution < 1.29 is 0 Å². The van der Waals surface area contributed by atoms with Crippen molar-refractivity contribution in [2.24, 2.45) is 10.9 Å². The number of hydrogen-bond acceptors (Lipinski definition) is 1. The van der Waals surface area contributed by atoms with E-state index >= 15 is 0 Å². The molecule has 0 bridgehead atoms. The summed E-state index contributed by atoms with van der Waals surface area (Å²) in [4.78, 5) is 4.48. The summed E-state index contributed by atoms with van der Waals surface area (Å²) in [5.41, 5.74) is 3.90. The van der Waals surface area contributed by atoms with Crippen LogP contribution >= 0.6 is 0 Å². The first-order chi connectivity index (χ1) is 6.25. The molecule has 13 heavy (non-hydrogen) atoms. The summed E-state index contributed by atoms with van der Waals surface area (Å²) in [6.07, 6.45) is 4.46. The Hall–Kier alpha value is -1.11. The van der Waals surface area contributed by atoms with Gasteiger partial charge in [0.15, 0.2) is 0 Å². The molecule has 2 rings (SSSR count). The first-order valence-electron chi connectivity index (χ1n) is 4.89. The predicted octanol–water partition coefficient (Wildman–Crippen LogP) is 3.28. The molecule has 1 aliphatic heterocycles. The molecule has 1 atom stereocenters. The zero-order valence-electron chi connectivity index (χ0n) is 8.25. The molecule has 0 radical (unpaired) electrons. The first kappa shape index (κ1) is 8.49. The standard InChI is InChI=1S/C12H15N/c1-9-4-6-12-11(7-9)5-3-10(2)8-13-12/h4,6-8,10H,3,5H2,1-2H3. The van der Waals surface area contributed by atoms with Crippen LogP contribution in [0, 0.1) is 12.8 Å². The van der Waals surface area contributed by atoms with Crippen LogP contribution in [0.25, 0.3) is 0 Å². The van der Waals surface area contributed by atoms with Crippen molar-refractivity contribution in [1.29, 1.82) is 0 Å². The maximum Gasteiger partial charge on any atom is 0.0657 e. The molecular weight excluding hydrogens is 158 g/mol. The monoisotopic (exact) mass is 173 g/mol. The molecule has 1 heterocycles. The fraction of sp³-hybridized carbons (Fsp3) is 0.417. The third-order valence-electron chi connectivity index (χ3n) is 2.57. The minimum atomic E-state index is 0.618. The Morgan fingerprint density at radius 3 is 3.08 bits per heavy atom. The Labute approximate surface area is 79.5 Å². The van der Waals surface area contributed by atoms with E-state index in [1.165, 1.54) is 17.5 Å². The number of aryl methyl sites for hydroxylation is 2. The van der Waals surface area contributed by atoms with E-state index < -0.39 is 0 Å². The number of benzene rings is 1. The SMILES string of the molecule is Cc1ccc2c(c1)CCC(C)C=N2. The number of nitrogens with zero attached hydrogens (tertiary/aromatic N) is 1. The molecule has 1 unspecified atom stereocenters. The van der Waals surface area contributed by atoms with Crippen LogP contribution in [0.4, 0.5) is 5.69 Å². The van der Waals surface area contributed by atoms with Crippen molar-refractivity contribution in [1.82, 2.24) is 0 Å². The second-order valence-electron chi connectivity index (χ2n) is 3.93. The topological polar surface area (TPSA) is 12.4 Å². The summed E-state index contributed by atoms with van der Waals surface area (Å²) in [5.74, 6) is 0.618. The lowest BCUT2D eigenvalue weighted by Crippen LogP contribution is -1.94. The average Bonchev–Trinajstić information content (AvgIpc) is 2.29. The highest BCUT2D eigenvalue weighted by Crippen LogP contribution is 2.25. The molecule has 0 amide bonds. The molecule has 68 valence electrons. The molecule has 0 saturated heterocycles. The molecule has 1 aromatic carbocycles. The maximum atomic E-state index is 4.48. The lowest BCUT2D eigenvalue weighted by molar-refractivity contribution is 0.701. The average molecular weight is 173 g/mol. The highest BCUT2D eigenvalue weighted by molar-refractivity contribution is 5.68. The van der Waals surface area contributed by atoms with Crippen LogP contribution in [0.15, 0.2) is 23.2 Å². The molecule has 0 fully saturated rings. The van der Waals surface area contributed by atoms with E-state index in [9.17, 15) is 0 Å². The Bertz CT molecular complexity index is 339.